The first-order chi connectivity index (χ1) is 10.8. The molecule has 0 radical (unpaired) electrons. The van der Waals surface area contributed by atoms with Crippen molar-refractivity contribution in [2.75, 3.05) is 26.2 Å². The topological polar surface area (TPSA) is 30.9 Å². The highest BCUT2D eigenvalue weighted by Gasteiger charge is 2.33. The van der Waals surface area contributed by atoms with Crippen molar-refractivity contribution in [1.29, 1.82) is 0 Å². The van der Waals surface area contributed by atoms with Crippen molar-refractivity contribution in [3.05, 3.63) is 0 Å². The van der Waals surface area contributed by atoms with Crippen molar-refractivity contribution in [3.63, 3.8) is 0 Å². The van der Waals surface area contributed by atoms with Crippen molar-refractivity contribution >= 4 is 0 Å². The molecule has 2 rings (SSSR count). The second-order valence-electron chi connectivity index (χ2n) is 8.39. The van der Waals surface area contributed by atoms with E-state index in [1.807, 2.05) is 0 Å². The summed E-state index contributed by atoms with van der Waals surface area (Å²) in [5, 5.41) is 0. The van der Waals surface area contributed by atoms with Crippen molar-refractivity contribution < 1.29 is 14.2 Å². The van der Waals surface area contributed by atoms with Gasteiger partial charge in [0.25, 0.3) is 0 Å². The molecule has 0 bridgehead atoms. The summed E-state index contributed by atoms with van der Waals surface area (Å²) in [6.45, 7) is 14.9. The van der Waals surface area contributed by atoms with E-state index >= 15 is 0 Å². The number of likely N-dealkylation sites (tertiary alicyclic amines) is 1. The summed E-state index contributed by atoms with van der Waals surface area (Å²) < 4.78 is 17.8. The lowest BCUT2D eigenvalue weighted by Crippen LogP contribution is -2.44. The lowest BCUT2D eigenvalue weighted by molar-refractivity contribution is -0.146. The summed E-state index contributed by atoms with van der Waals surface area (Å²) in [5.41, 5.74) is -0.0131. The molecule has 1 heterocycles. The zero-order chi connectivity index (χ0) is 16.9. The molecular formula is C19H37NO3. The highest BCUT2D eigenvalue weighted by atomic mass is 16.5. The summed E-state index contributed by atoms with van der Waals surface area (Å²) in [5.74, 6) is 0. The number of nitrogens with zero attached hydrogens (tertiary/aromatic N) is 1. The molecule has 1 aliphatic heterocycles. The van der Waals surface area contributed by atoms with Crippen LogP contribution in [0.3, 0.4) is 0 Å². The molecule has 0 aromatic rings. The Morgan fingerprint density at radius 3 is 2.22 bits per heavy atom. The van der Waals surface area contributed by atoms with Gasteiger partial charge in [-0.05, 0) is 66.7 Å². The van der Waals surface area contributed by atoms with E-state index in [0.717, 1.165) is 32.4 Å². The molecule has 136 valence electrons. The van der Waals surface area contributed by atoms with Gasteiger partial charge < -0.3 is 19.1 Å². The SMILES string of the molecule is CC(C)O[C@H]1C[C@H](OC2CCN(CCCOC(C)(C)C)CC2)C1. The molecule has 1 saturated carbocycles. The van der Waals surface area contributed by atoms with Crippen LogP contribution in [0.15, 0.2) is 0 Å². The second-order valence-corrected chi connectivity index (χ2v) is 8.39. The Kier molecular flexibility index (Phi) is 7.33. The van der Waals surface area contributed by atoms with E-state index in [-0.39, 0.29) is 5.60 Å². The molecule has 0 unspecified atom stereocenters. The van der Waals surface area contributed by atoms with Gasteiger partial charge in [-0.25, -0.2) is 0 Å². The molecular weight excluding hydrogens is 290 g/mol. The fourth-order valence-corrected chi connectivity index (χ4v) is 3.33. The Hall–Kier alpha value is -0.160. The van der Waals surface area contributed by atoms with Crippen molar-refractivity contribution in [3.8, 4) is 0 Å². The minimum Gasteiger partial charge on any atom is -0.376 e. The minimum absolute atomic E-state index is 0.0131. The monoisotopic (exact) mass is 327 g/mol. The molecule has 0 aromatic heterocycles. The van der Waals surface area contributed by atoms with Gasteiger partial charge >= 0.3 is 0 Å². The lowest BCUT2D eigenvalue weighted by Gasteiger charge is -2.40. The van der Waals surface area contributed by atoms with Crippen LogP contribution in [0, 0.1) is 0 Å². The van der Waals surface area contributed by atoms with Gasteiger partial charge in [0.1, 0.15) is 0 Å². The van der Waals surface area contributed by atoms with Gasteiger partial charge in [-0.1, -0.05) is 0 Å². The molecule has 2 aliphatic rings. The average Bonchev–Trinajstić information content (AvgIpc) is 2.41. The molecule has 23 heavy (non-hydrogen) atoms. The van der Waals surface area contributed by atoms with Gasteiger partial charge in [0, 0.05) is 26.2 Å². The largest absolute Gasteiger partial charge is 0.376 e. The number of hydrogen-bond acceptors (Lipinski definition) is 4. The van der Waals surface area contributed by atoms with Crippen LogP contribution < -0.4 is 0 Å². The lowest BCUT2D eigenvalue weighted by atomic mass is 9.91. The van der Waals surface area contributed by atoms with Crippen LogP contribution in [0.1, 0.15) is 66.7 Å². The quantitative estimate of drug-likeness (QED) is 0.637. The Morgan fingerprint density at radius 2 is 1.65 bits per heavy atom. The van der Waals surface area contributed by atoms with Gasteiger partial charge in [-0.3, -0.25) is 0 Å². The predicted octanol–water partition coefficient (Wildman–Crippen LogP) is 3.63. The zero-order valence-electron chi connectivity index (χ0n) is 15.8. The smallest absolute Gasteiger partial charge is 0.0628 e. The minimum atomic E-state index is -0.0131. The van der Waals surface area contributed by atoms with Gasteiger partial charge in [0.05, 0.1) is 30.0 Å². The first-order valence-corrected chi connectivity index (χ1v) is 9.49. The maximum Gasteiger partial charge on any atom is 0.0628 e. The summed E-state index contributed by atoms with van der Waals surface area (Å²) in [7, 11) is 0. The summed E-state index contributed by atoms with van der Waals surface area (Å²) in [4.78, 5) is 2.55. The molecule has 4 nitrogen and oxygen atoms in total. The van der Waals surface area contributed by atoms with E-state index in [1.165, 1.54) is 25.9 Å². The van der Waals surface area contributed by atoms with Crippen molar-refractivity contribution in [1.82, 2.24) is 4.90 Å². The standard InChI is InChI=1S/C19H37NO3/c1-15(2)22-17-13-18(14-17)23-16-7-10-20(11-8-16)9-6-12-21-19(3,4)5/h15-18H,6-14H2,1-5H3/t17-,18-. The van der Waals surface area contributed by atoms with E-state index in [1.54, 1.807) is 0 Å². The van der Waals surface area contributed by atoms with Crippen LogP contribution in [-0.2, 0) is 14.2 Å². The number of ether oxygens (including phenoxy) is 3. The highest BCUT2D eigenvalue weighted by molar-refractivity contribution is 4.84. The Balaban J connectivity index is 1.50. The van der Waals surface area contributed by atoms with Crippen LogP contribution in [-0.4, -0.2) is 61.2 Å². The van der Waals surface area contributed by atoms with E-state index in [2.05, 4.69) is 39.5 Å². The molecule has 0 spiro atoms. The predicted molar refractivity (Wildman–Crippen MR) is 93.9 cm³/mol. The zero-order valence-corrected chi connectivity index (χ0v) is 15.8. The average molecular weight is 328 g/mol. The van der Waals surface area contributed by atoms with E-state index in [0.29, 0.717) is 24.4 Å². The summed E-state index contributed by atoms with van der Waals surface area (Å²) in [6, 6.07) is 0. The van der Waals surface area contributed by atoms with E-state index < -0.39 is 0 Å². The fourth-order valence-electron chi connectivity index (χ4n) is 3.33. The maximum absolute atomic E-state index is 6.23. The molecule has 0 atom stereocenters. The second kappa shape index (κ2) is 8.80. The van der Waals surface area contributed by atoms with Crippen molar-refractivity contribution in [2.24, 2.45) is 0 Å². The van der Waals surface area contributed by atoms with Gasteiger partial charge in [-0.15, -0.1) is 0 Å². The third-order valence-electron chi connectivity index (χ3n) is 4.59. The third-order valence-corrected chi connectivity index (χ3v) is 4.59. The Labute approximate surface area is 142 Å². The molecule has 0 N–H and O–H groups in total. The number of piperidine rings is 1. The maximum atomic E-state index is 6.23. The van der Waals surface area contributed by atoms with Crippen LogP contribution >= 0.6 is 0 Å². The molecule has 1 aliphatic carbocycles. The molecule has 1 saturated heterocycles. The van der Waals surface area contributed by atoms with Crippen molar-refractivity contribution in [2.45, 2.75) is 96.7 Å². The first kappa shape index (κ1) is 19.2. The van der Waals surface area contributed by atoms with Crippen LogP contribution in [0.25, 0.3) is 0 Å². The van der Waals surface area contributed by atoms with Crippen LogP contribution in [0.2, 0.25) is 0 Å². The number of hydrogen-bond donors (Lipinski definition) is 0. The molecule has 4 heteroatoms. The van der Waals surface area contributed by atoms with Gasteiger partial charge in [0.15, 0.2) is 0 Å². The third kappa shape index (κ3) is 7.51. The summed E-state index contributed by atoms with van der Waals surface area (Å²) in [6.07, 6.45) is 7.32. The fraction of sp³-hybridized carbons (Fsp3) is 1.00. The van der Waals surface area contributed by atoms with Crippen LogP contribution in [0.5, 0.6) is 0 Å². The van der Waals surface area contributed by atoms with Gasteiger partial charge in [0.2, 0.25) is 0 Å². The van der Waals surface area contributed by atoms with E-state index in [9.17, 15) is 0 Å². The normalized spacial score (nSPS) is 27.4. The molecule has 0 amide bonds. The van der Waals surface area contributed by atoms with Gasteiger partial charge in [-0.2, -0.15) is 0 Å². The number of rotatable bonds is 8. The highest BCUT2D eigenvalue weighted by Crippen LogP contribution is 2.30. The first-order valence-electron chi connectivity index (χ1n) is 9.49. The Bertz CT molecular complexity index is 326. The summed E-state index contributed by atoms with van der Waals surface area (Å²) >= 11 is 0. The van der Waals surface area contributed by atoms with Crippen LogP contribution in [0.4, 0.5) is 0 Å². The van der Waals surface area contributed by atoms with E-state index in [4.69, 9.17) is 14.2 Å². The Morgan fingerprint density at radius 1 is 1.00 bits per heavy atom. The molecule has 2 fully saturated rings. The molecule has 0 aromatic carbocycles.